The first-order valence-electron chi connectivity index (χ1n) is 6.50. The number of carbonyl (C=O) groups is 1. The van der Waals surface area contributed by atoms with Gasteiger partial charge in [-0.15, -0.1) is 0 Å². The van der Waals surface area contributed by atoms with Gasteiger partial charge < -0.3 is 5.11 Å². The molecule has 0 aliphatic rings. The van der Waals surface area contributed by atoms with Crippen LogP contribution < -0.4 is 0 Å². The average molecular weight is 368 g/mol. The molecule has 0 saturated heterocycles. The van der Waals surface area contributed by atoms with E-state index in [1.54, 1.807) is 42.5 Å². The van der Waals surface area contributed by atoms with Gasteiger partial charge >= 0.3 is 5.97 Å². The maximum absolute atomic E-state index is 11.5. The van der Waals surface area contributed by atoms with E-state index in [2.05, 4.69) is 5.10 Å². The van der Waals surface area contributed by atoms with Crippen molar-refractivity contribution in [3.8, 4) is 16.9 Å². The number of benzene rings is 2. The molecule has 3 rings (SSSR count). The third-order valence-corrected chi connectivity index (χ3v) is 3.97. The van der Waals surface area contributed by atoms with Crippen molar-refractivity contribution < 1.29 is 9.90 Å². The molecule has 0 aliphatic heterocycles. The van der Waals surface area contributed by atoms with Crippen LogP contribution >= 0.6 is 34.8 Å². The largest absolute Gasteiger partial charge is 0.477 e. The van der Waals surface area contributed by atoms with E-state index in [0.717, 1.165) is 0 Å². The van der Waals surface area contributed by atoms with Crippen molar-refractivity contribution in [2.24, 2.45) is 0 Å². The molecule has 0 atom stereocenters. The summed E-state index contributed by atoms with van der Waals surface area (Å²) in [6.45, 7) is 0. The Morgan fingerprint density at radius 2 is 1.74 bits per heavy atom. The van der Waals surface area contributed by atoms with Crippen molar-refractivity contribution >= 4 is 40.8 Å². The van der Waals surface area contributed by atoms with Gasteiger partial charge in [-0.1, -0.05) is 40.9 Å². The first kappa shape index (κ1) is 15.9. The molecule has 1 aromatic heterocycles. The van der Waals surface area contributed by atoms with Crippen LogP contribution in [-0.4, -0.2) is 20.9 Å². The minimum atomic E-state index is -1.10. The molecule has 0 fully saturated rings. The smallest absolute Gasteiger partial charge is 0.354 e. The van der Waals surface area contributed by atoms with Crippen molar-refractivity contribution in [2.45, 2.75) is 0 Å². The van der Waals surface area contributed by atoms with E-state index in [-0.39, 0.29) is 5.69 Å². The molecule has 1 heterocycles. The Balaban J connectivity index is 2.18. The van der Waals surface area contributed by atoms with Gasteiger partial charge in [0.15, 0.2) is 5.69 Å². The number of nitrogens with zero attached hydrogens (tertiary/aromatic N) is 2. The highest BCUT2D eigenvalue weighted by Crippen LogP contribution is 2.31. The molecule has 23 heavy (non-hydrogen) atoms. The van der Waals surface area contributed by atoms with Gasteiger partial charge in [0.1, 0.15) is 0 Å². The van der Waals surface area contributed by atoms with Crippen molar-refractivity contribution in [2.75, 3.05) is 0 Å². The predicted octanol–water partition coefficient (Wildman–Crippen LogP) is 5.20. The summed E-state index contributed by atoms with van der Waals surface area (Å²) in [5.74, 6) is -1.10. The number of hydrogen-bond donors (Lipinski definition) is 1. The lowest BCUT2D eigenvalue weighted by Crippen LogP contribution is -2.07. The minimum absolute atomic E-state index is 0.00767. The van der Waals surface area contributed by atoms with Gasteiger partial charge in [0, 0.05) is 15.6 Å². The molecule has 4 nitrogen and oxygen atoms in total. The van der Waals surface area contributed by atoms with Crippen molar-refractivity contribution in [3.63, 3.8) is 0 Å². The molecule has 0 unspecified atom stereocenters. The van der Waals surface area contributed by atoms with Crippen LogP contribution in [0, 0.1) is 0 Å². The van der Waals surface area contributed by atoms with Gasteiger partial charge in [-0.3, -0.25) is 0 Å². The molecule has 116 valence electrons. The Kier molecular flexibility index (Phi) is 4.31. The highest BCUT2D eigenvalue weighted by Gasteiger charge is 2.18. The van der Waals surface area contributed by atoms with E-state index >= 15 is 0 Å². The summed E-state index contributed by atoms with van der Waals surface area (Å²) >= 11 is 18.0. The number of rotatable bonds is 3. The first-order valence-corrected chi connectivity index (χ1v) is 7.64. The summed E-state index contributed by atoms with van der Waals surface area (Å²) in [5, 5.41) is 15.1. The fourth-order valence-corrected chi connectivity index (χ4v) is 2.86. The molecule has 0 amide bonds. The lowest BCUT2D eigenvalue weighted by atomic mass is 10.1. The van der Waals surface area contributed by atoms with E-state index in [9.17, 15) is 9.90 Å². The molecule has 0 spiro atoms. The standard InChI is InChI=1S/C16H9Cl3N2O2/c17-9-2-1-3-11(6-9)21-15(16(22)23)8-14(20-21)12-5-4-10(18)7-13(12)19/h1-8H,(H,22,23). The van der Waals surface area contributed by atoms with E-state index in [4.69, 9.17) is 34.8 Å². The Morgan fingerprint density at radius 3 is 2.39 bits per heavy atom. The fraction of sp³-hybridized carbons (Fsp3) is 0. The van der Waals surface area contributed by atoms with Crippen LogP contribution in [0.4, 0.5) is 0 Å². The Morgan fingerprint density at radius 1 is 1.00 bits per heavy atom. The third kappa shape index (κ3) is 3.20. The van der Waals surface area contributed by atoms with Crippen LogP contribution in [0.25, 0.3) is 16.9 Å². The van der Waals surface area contributed by atoms with Crippen LogP contribution in [0.2, 0.25) is 15.1 Å². The van der Waals surface area contributed by atoms with Crippen molar-refractivity contribution in [1.29, 1.82) is 0 Å². The summed E-state index contributed by atoms with van der Waals surface area (Å²) < 4.78 is 1.31. The molecule has 3 aromatic rings. The lowest BCUT2D eigenvalue weighted by Gasteiger charge is -2.05. The monoisotopic (exact) mass is 366 g/mol. The lowest BCUT2D eigenvalue weighted by molar-refractivity contribution is 0.0687. The number of carboxylic acids is 1. The quantitative estimate of drug-likeness (QED) is 0.692. The first-order chi connectivity index (χ1) is 11.0. The zero-order valence-corrected chi connectivity index (χ0v) is 13.8. The summed E-state index contributed by atoms with van der Waals surface area (Å²) in [5.41, 5.74) is 1.59. The Bertz CT molecular complexity index is 906. The molecule has 1 N–H and O–H groups in total. The maximum atomic E-state index is 11.5. The Labute approximate surface area is 146 Å². The van der Waals surface area contributed by atoms with E-state index < -0.39 is 5.97 Å². The van der Waals surface area contributed by atoms with Crippen molar-refractivity contribution in [1.82, 2.24) is 9.78 Å². The van der Waals surface area contributed by atoms with Crippen LogP contribution in [0.1, 0.15) is 10.5 Å². The Hall–Kier alpha value is -2.01. The zero-order valence-electron chi connectivity index (χ0n) is 11.5. The maximum Gasteiger partial charge on any atom is 0.354 e. The SMILES string of the molecule is O=C(O)c1cc(-c2ccc(Cl)cc2Cl)nn1-c1cccc(Cl)c1. The van der Waals surface area contributed by atoms with Gasteiger partial charge in [-0.2, -0.15) is 5.10 Å². The summed E-state index contributed by atoms with van der Waals surface area (Å²) in [6.07, 6.45) is 0. The topological polar surface area (TPSA) is 55.1 Å². The number of aromatic carboxylic acids is 1. The fourth-order valence-electron chi connectivity index (χ4n) is 2.17. The molecular formula is C16H9Cl3N2O2. The summed E-state index contributed by atoms with van der Waals surface area (Å²) in [7, 11) is 0. The predicted molar refractivity (Wildman–Crippen MR) is 91.0 cm³/mol. The molecule has 0 radical (unpaired) electrons. The number of halogens is 3. The second-order valence-electron chi connectivity index (χ2n) is 4.74. The van der Waals surface area contributed by atoms with Crippen molar-refractivity contribution in [3.05, 3.63) is 69.3 Å². The van der Waals surface area contributed by atoms with Gasteiger partial charge in [0.05, 0.1) is 16.4 Å². The molecule has 0 bridgehead atoms. The highest BCUT2D eigenvalue weighted by atomic mass is 35.5. The molecule has 0 saturated carbocycles. The van der Waals surface area contributed by atoms with Gasteiger partial charge in [-0.25, -0.2) is 9.48 Å². The average Bonchev–Trinajstić information content (AvgIpc) is 2.92. The van der Waals surface area contributed by atoms with Gasteiger partial charge in [-0.05, 0) is 42.5 Å². The number of aromatic nitrogens is 2. The van der Waals surface area contributed by atoms with Crippen LogP contribution in [0.5, 0.6) is 0 Å². The number of hydrogen-bond acceptors (Lipinski definition) is 2. The third-order valence-electron chi connectivity index (χ3n) is 3.19. The molecule has 2 aromatic carbocycles. The van der Waals surface area contributed by atoms with Crippen LogP contribution in [-0.2, 0) is 0 Å². The van der Waals surface area contributed by atoms with Gasteiger partial charge in [0.2, 0.25) is 0 Å². The minimum Gasteiger partial charge on any atom is -0.477 e. The second kappa shape index (κ2) is 6.24. The summed E-state index contributed by atoms with van der Waals surface area (Å²) in [4.78, 5) is 11.5. The molecule has 0 aliphatic carbocycles. The zero-order chi connectivity index (χ0) is 16.6. The normalized spacial score (nSPS) is 10.7. The molecule has 7 heteroatoms. The van der Waals surface area contributed by atoms with Crippen LogP contribution in [0.3, 0.4) is 0 Å². The molecular weight excluding hydrogens is 359 g/mol. The van der Waals surface area contributed by atoms with E-state index in [0.29, 0.717) is 32.0 Å². The van der Waals surface area contributed by atoms with Gasteiger partial charge in [0.25, 0.3) is 0 Å². The number of carboxylic acid groups (broad SMARTS) is 1. The second-order valence-corrected chi connectivity index (χ2v) is 6.02. The van der Waals surface area contributed by atoms with Crippen LogP contribution in [0.15, 0.2) is 48.5 Å². The van der Waals surface area contributed by atoms with E-state index in [1.807, 2.05) is 0 Å². The van der Waals surface area contributed by atoms with E-state index in [1.165, 1.54) is 10.7 Å². The summed E-state index contributed by atoms with van der Waals surface area (Å²) in [6, 6.07) is 13.2. The highest BCUT2D eigenvalue weighted by molar-refractivity contribution is 6.36.